The van der Waals surface area contributed by atoms with Crippen LogP contribution in [0.5, 0.6) is 0 Å². The van der Waals surface area contributed by atoms with Crippen molar-refractivity contribution in [3.05, 3.63) is 36.7 Å². The van der Waals surface area contributed by atoms with Crippen LogP contribution >= 0.6 is 0 Å². The first-order chi connectivity index (χ1) is 3.50. The van der Waals surface area contributed by atoms with Crippen LogP contribution < -0.4 is 5.32 Å². The molecule has 1 aliphatic rings. The molecule has 0 aromatic rings. The summed E-state index contributed by atoms with van der Waals surface area (Å²) in [6, 6.07) is 0. The van der Waals surface area contributed by atoms with Gasteiger partial charge in [0, 0.05) is 31.3 Å². The molecule has 0 saturated carbocycles. The Morgan fingerprint density at radius 1 is 0.750 bits per heavy atom. The number of hydrogen-bond acceptors (Lipinski definition) is 1. The summed E-state index contributed by atoms with van der Waals surface area (Å²) in [7, 11) is 0. The van der Waals surface area contributed by atoms with Crippen LogP contribution in [0.1, 0.15) is 0 Å². The molecule has 0 aliphatic carbocycles. The third-order valence-corrected chi connectivity index (χ3v) is 0.718. The van der Waals surface area contributed by atoms with Gasteiger partial charge in [-0.15, -0.1) is 0 Å². The quantitative estimate of drug-likeness (QED) is 0.444. The third-order valence-electron chi connectivity index (χ3n) is 0.718. The fourth-order valence-corrected chi connectivity index (χ4v) is 0.406. The summed E-state index contributed by atoms with van der Waals surface area (Å²) in [4.78, 5) is 0. The van der Waals surface area contributed by atoms with Crippen molar-refractivity contribution in [3.63, 3.8) is 0 Å². The molecule has 1 rings (SSSR count). The number of hydrogen-bond donors (Lipinski definition) is 1. The Morgan fingerprint density at radius 3 is 1.75 bits per heavy atom. The summed E-state index contributed by atoms with van der Waals surface area (Å²) in [6.45, 7) is 0. The van der Waals surface area contributed by atoms with E-state index in [0.717, 1.165) is 0 Å². The molecule has 0 amide bonds. The number of nitrogens with one attached hydrogen (secondary N) is 1. The van der Waals surface area contributed by atoms with E-state index in [2.05, 4.69) is 5.32 Å². The topological polar surface area (TPSA) is 12.0 Å². The molecule has 8 heavy (non-hydrogen) atoms. The average molecular weight is 100 g/mol. The Kier molecular flexibility index (Phi) is 4.54. The second kappa shape index (κ2) is 4.77. The van der Waals surface area contributed by atoms with Crippen molar-refractivity contribution < 1.29 is 0 Å². The van der Waals surface area contributed by atoms with Gasteiger partial charge in [-0.3, -0.25) is 0 Å². The zero-order chi connectivity index (χ0) is 4.95. The van der Waals surface area contributed by atoms with Crippen LogP contribution in [0.15, 0.2) is 36.7 Å². The van der Waals surface area contributed by atoms with Gasteiger partial charge in [0.2, 0.25) is 0 Å². The zero-order valence-electron chi connectivity index (χ0n) is 4.96. The molecule has 1 aliphatic heterocycles. The van der Waals surface area contributed by atoms with Crippen molar-refractivity contribution >= 4 is 18.9 Å². The monoisotopic (exact) mass is 100 g/mol. The van der Waals surface area contributed by atoms with Crippen LogP contribution in [-0.4, -0.2) is 18.9 Å². The summed E-state index contributed by atoms with van der Waals surface area (Å²) in [5.74, 6) is 0. The molecule has 0 saturated heterocycles. The standard InChI is InChI=1S/C6H7N.Li/c1-2-4-6-7-5-3-1;/h1-7H;. The zero-order valence-corrected chi connectivity index (χ0v) is 4.96. The Hall–Kier alpha value is -0.383. The minimum Gasteiger partial charge on any atom is -0.368 e. The molecular formula is C6H7LiN. The van der Waals surface area contributed by atoms with Crippen LogP contribution in [0.2, 0.25) is 0 Å². The first-order valence-electron chi connectivity index (χ1n) is 2.24. The van der Waals surface area contributed by atoms with E-state index in [1.54, 1.807) is 0 Å². The molecule has 0 aromatic carbocycles. The Labute approximate surface area is 61.3 Å². The second-order valence-electron chi connectivity index (χ2n) is 1.27. The molecule has 0 spiro atoms. The van der Waals surface area contributed by atoms with Gasteiger partial charge < -0.3 is 5.32 Å². The van der Waals surface area contributed by atoms with Crippen molar-refractivity contribution in [1.29, 1.82) is 0 Å². The van der Waals surface area contributed by atoms with E-state index in [0.29, 0.717) is 0 Å². The van der Waals surface area contributed by atoms with Gasteiger partial charge >= 0.3 is 0 Å². The van der Waals surface area contributed by atoms with E-state index in [1.807, 2.05) is 36.7 Å². The molecule has 1 N–H and O–H groups in total. The van der Waals surface area contributed by atoms with Crippen LogP contribution in [0.3, 0.4) is 0 Å². The maximum Gasteiger partial charge on any atom is 0.000442 e. The summed E-state index contributed by atoms with van der Waals surface area (Å²) in [5.41, 5.74) is 0. The first kappa shape index (κ1) is 7.62. The van der Waals surface area contributed by atoms with Gasteiger partial charge in [-0.05, 0) is 12.2 Å². The maximum atomic E-state index is 2.92. The summed E-state index contributed by atoms with van der Waals surface area (Å²) in [5, 5.41) is 2.92. The molecule has 0 fully saturated rings. The van der Waals surface area contributed by atoms with Crippen LogP contribution in [0, 0.1) is 0 Å². The summed E-state index contributed by atoms with van der Waals surface area (Å²) < 4.78 is 0. The summed E-state index contributed by atoms with van der Waals surface area (Å²) >= 11 is 0. The number of rotatable bonds is 0. The molecule has 1 nitrogen and oxygen atoms in total. The molecule has 1 heterocycles. The number of allylic oxidation sites excluding steroid dienone is 4. The van der Waals surface area contributed by atoms with Crippen molar-refractivity contribution in [2.45, 2.75) is 0 Å². The van der Waals surface area contributed by atoms with Crippen LogP contribution in [0.25, 0.3) is 0 Å². The van der Waals surface area contributed by atoms with E-state index in [4.69, 9.17) is 0 Å². The van der Waals surface area contributed by atoms with Gasteiger partial charge in [0.05, 0.1) is 0 Å². The minimum absolute atomic E-state index is 0. The van der Waals surface area contributed by atoms with E-state index in [1.165, 1.54) is 0 Å². The first-order valence-corrected chi connectivity index (χ1v) is 2.24. The smallest absolute Gasteiger partial charge is 0.000442 e. The van der Waals surface area contributed by atoms with Crippen molar-refractivity contribution in [2.75, 3.05) is 0 Å². The molecule has 0 aromatic heterocycles. The fourth-order valence-electron chi connectivity index (χ4n) is 0.406. The SMILES string of the molecule is C1=CC=CNC=C1.[Li]. The van der Waals surface area contributed by atoms with Crippen molar-refractivity contribution in [1.82, 2.24) is 5.32 Å². The third kappa shape index (κ3) is 2.73. The van der Waals surface area contributed by atoms with Crippen molar-refractivity contribution in [2.24, 2.45) is 0 Å². The molecule has 2 heteroatoms. The van der Waals surface area contributed by atoms with Gasteiger partial charge in [0.15, 0.2) is 0 Å². The molecular weight excluding hydrogens is 93.0 g/mol. The predicted molar refractivity (Wildman–Crippen MR) is 36.3 cm³/mol. The molecule has 37 valence electrons. The van der Waals surface area contributed by atoms with Gasteiger partial charge in [0.1, 0.15) is 0 Å². The van der Waals surface area contributed by atoms with Gasteiger partial charge in [-0.25, -0.2) is 0 Å². The van der Waals surface area contributed by atoms with E-state index in [-0.39, 0.29) is 18.9 Å². The van der Waals surface area contributed by atoms with Crippen LogP contribution in [-0.2, 0) is 0 Å². The maximum absolute atomic E-state index is 2.92. The molecule has 0 atom stereocenters. The summed E-state index contributed by atoms with van der Waals surface area (Å²) in [6.07, 6.45) is 11.6. The largest absolute Gasteiger partial charge is 0.368 e. The molecule has 0 unspecified atom stereocenters. The Balaban J connectivity index is 0.000000490. The van der Waals surface area contributed by atoms with E-state index >= 15 is 0 Å². The second-order valence-corrected chi connectivity index (χ2v) is 1.27. The minimum atomic E-state index is 0. The van der Waals surface area contributed by atoms with Gasteiger partial charge in [-0.1, -0.05) is 12.2 Å². The van der Waals surface area contributed by atoms with Crippen LogP contribution in [0.4, 0.5) is 0 Å². The van der Waals surface area contributed by atoms with Crippen molar-refractivity contribution in [3.8, 4) is 0 Å². The van der Waals surface area contributed by atoms with E-state index < -0.39 is 0 Å². The Bertz CT molecular complexity index is 110. The predicted octanol–water partition coefficient (Wildman–Crippen LogP) is 0.792. The Morgan fingerprint density at radius 2 is 1.25 bits per heavy atom. The fraction of sp³-hybridized carbons (Fsp3) is 0. The molecule has 0 bridgehead atoms. The average Bonchev–Trinajstić information content (AvgIpc) is 1.90. The van der Waals surface area contributed by atoms with Gasteiger partial charge in [-0.2, -0.15) is 0 Å². The van der Waals surface area contributed by atoms with Gasteiger partial charge in [0.25, 0.3) is 0 Å². The normalized spacial score (nSPS) is 14.0. The van der Waals surface area contributed by atoms with E-state index in [9.17, 15) is 0 Å². The molecule has 1 radical (unpaired) electrons.